The number of carbonyl (C=O) groups excluding carboxylic acids is 1. The number of carboxylic acids is 1. The molecule has 0 saturated carbocycles. The van der Waals surface area contributed by atoms with E-state index in [9.17, 15) is 14.7 Å². The van der Waals surface area contributed by atoms with Gasteiger partial charge in [-0.2, -0.15) is 5.10 Å². The van der Waals surface area contributed by atoms with Crippen molar-refractivity contribution >= 4 is 23.4 Å². The van der Waals surface area contributed by atoms with Crippen LogP contribution < -0.4 is 4.74 Å². The number of fused-ring (bicyclic) bond motifs is 1. The smallest absolute Gasteiger partial charge is 0.333 e. The SMILES string of the molecule is CCCC1=NN(C)C2C(=O)N(CCOc3ccc(C[C@@H](OCC)C(=O)O)cc3)C(C)=NC12. The zero-order chi connectivity index (χ0) is 23.3. The second-order valence-electron chi connectivity index (χ2n) is 7.95. The van der Waals surface area contributed by atoms with Crippen molar-refractivity contribution in [2.45, 2.75) is 58.2 Å². The van der Waals surface area contributed by atoms with E-state index in [2.05, 4.69) is 12.0 Å². The van der Waals surface area contributed by atoms with Crippen LogP contribution in [0, 0.1) is 0 Å². The molecule has 9 heteroatoms. The minimum absolute atomic E-state index is 0.00515. The van der Waals surface area contributed by atoms with E-state index in [-0.39, 0.29) is 18.0 Å². The van der Waals surface area contributed by atoms with Crippen molar-refractivity contribution in [1.82, 2.24) is 9.91 Å². The number of hydrogen-bond acceptors (Lipinski definition) is 7. The monoisotopic (exact) mass is 444 g/mol. The summed E-state index contributed by atoms with van der Waals surface area (Å²) in [7, 11) is 1.82. The lowest BCUT2D eigenvalue weighted by molar-refractivity contribution is -0.150. The molecule has 3 rings (SSSR count). The third kappa shape index (κ3) is 5.27. The van der Waals surface area contributed by atoms with Gasteiger partial charge < -0.3 is 14.6 Å². The number of aliphatic imine (C=N–C) groups is 1. The van der Waals surface area contributed by atoms with Crippen molar-refractivity contribution in [1.29, 1.82) is 0 Å². The van der Waals surface area contributed by atoms with Crippen LogP contribution in [0.25, 0.3) is 0 Å². The molecule has 1 amide bonds. The van der Waals surface area contributed by atoms with Crippen LogP contribution in [-0.2, 0) is 20.7 Å². The van der Waals surface area contributed by atoms with Gasteiger partial charge in [0.15, 0.2) is 12.1 Å². The molecule has 2 unspecified atom stereocenters. The molecule has 0 aromatic heterocycles. The summed E-state index contributed by atoms with van der Waals surface area (Å²) in [4.78, 5) is 30.8. The first-order chi connectivity index (χ1) is 15.3. The van der Waals surface area contributed by atoms with Crippen LogP contribution in [0.3, 0.4) is 0 Å². The molecule has 0 aliphatic carbocycles. The average Bonchev–Trinajstić information content (AvgIpc) is 3.06. The number of likely N-dealkylation sites (N-methyl/N-ethyl adjacent to an activating group) is 1. The number of ether oxygens (including phenoxy) is 2. The van der Waals surface area contributed by atoms with Crippen LogP contribution in [0.2, 0.25) is 0 Å². The number of aliphatic carboxylic acids is 1. The first kappa shape index (κ1) is 23.7. The summed E-state index contributed by atoms with van der Waals surface area (Å²) in [6.45, 7) is 6.77. The lowest BCUT2D eigenvalue weighted by Gasteiger charge is -2.34. The molecule has 1 N–H and O–H groups in total. The van der Waals surface area contributed by atoms with Crippen molar-refractivity contribution < 1.29 is 24.2 Å². The van der Waals surface area contributed by atoms with E-state index in [1.165, 1.54) is 0 Å². The highest BCUT2D eigenvalue weighted by Gasteiger charge is 2.45. The van der Waals surface area contributed by atoms with Gasteiger partial charge in [0.2, 0.25) is 0 Å². The van der Waals surface area contributed by atoms with Gasteiger partial charge in [-0.15, -0.1) is 0 Å². The minimum Gasteiger partial charge on any atom is -0.492 e. The maximum absolute atomic E-state index is 13.1. The standard InChI is InChI=1S/C23H32N4O5/c1-5-7-18-20-21(26(4)25-18)22(28)27(15(3)24-20)12-13-32-17-10-8-16(9-11-17)14-19(23(29)30)31-6-2/h8-11,19-21H,5-7,12-14H2,1-4H3,(H,29,30)/t19-,20?,21?/m1/s1. The largest absolute Gasteiger partial charge is 0.492 e. The Labute approximate surface area is 188 Å². The fourth-order valence-corrected chi connectivity index (χ4v) is 4.08. The Morgan fingerprint density at radius 2 is 1.97 bits per heavy atom. The second-order valence-corrected chi connectivity index (χ2v) is 7.95. The van der Waals surface area contributed by atoms with Crippen LogP contribution in [0.4, 0.5) is 0 Å². The fourth-order valence-electron chi connectivity index (χ4n) is 4.08. The number of hydrazone groups is 1. The Bertz CT molecular complexity index is 883. The first-order valence-corrected chi connectivity index (χ1v) is 11.1. The number of carbonyl (C=O) groups is 2. The molecule has 174 valence electrons. The number of amides is 1. The number of benzene rings is 1. The summed E-state index contributed by atoms with van der Waals surface area (Å²) in [5.74, 6) is 0.359. The lowest BCUT2D eigenvalue weighted by atomic mass is 9.98. The highest BCUT2D eigenvalue weighted by atomic mass is 16.5. The van der Waals surface area contributed by atoms with E-state index in [1.54, 1.807) is 29.0 Å². The Kier molecular flexibility index (Phi) is 7.84. The van der Waals surface area contributed by atoms with Crippen molar-refractivity contribution in [2.24, 2.45) is 10.1 Å². The van der Waals surface area contributed by atoms with E-state index >= 15 is 0 Å². The van der Waals surface area contributed by atoms with Gasteiger partial charge in [0, 0.05) is 20.1 Å². The molecule has 1 aromatic rings. The molecular formula is C23H32N4O5. The van der Waals surface area contributed by atoms with Crippen LogP contribution in [0.5, 0.6) is 5.75 Å². The van der Waals surface area contributed by atoms with Crippen LogP contribution in [0.15, 0.2) is 34.4 Å². The molecule has 2 heterocycles. The van der Waals surface area contributed by atoms with Gasteiger partial charge in [-0.1, -0.05) is 25.5 Å². The average molecular weight is 445 g/mol. The number of amidine groups is 1. The van der Waals surface area contributed by atoms with Crippen LogP contribution in [-0.4, -0.2) is 83.4 Å². The summed E-state index contributed by atoms with van der Waals surface area (Å²) in [5.41, 5.74) is 1.82. The zero-order valence-electron chi connectivity index (χ0n) is 19.2. The molecule has 0 saturated heterocycles. The summed E-state index contributed by atoms with van der Waals surface area (Å²) in [6.07, 6.45) is 1.24. The van der Waals surface area contributed by atoms with E-state index < -0.39 is 12.1 Å². The molecule has 0 bridgehead atoms. The van der Waals surface area contributed by atoms with Crippen molar-refractivity contribution in [2.75, 3.05) is 26.8 Å². The summed E-state index contributed by atoms with van der Waals surface area (Å²) in [5, 5.41) is 15.5. The molecule has 2 aliphatic heterocycles. The predicted molar refractivity (Wildman–Crippen MR) is 121 cm³/mol. The number of carboxylic acid groups (broad SMARTS) is 1. The molecule has 9 nitrogen and oxygen atoms in total. The Morgan fingerprint density at radius 1 is 1.25 bits per heavy atom. The van der Waals surface area contributed by atoms with Crippen LogP contribution in [0.1, 0.15) is 39.2 Å². The second kappa shape index (κ2) is 10.6. The first-order valence-electron chi connectivity index (χ1n) is 11.1. The van der Waals surface area contributed by atoms with Crippen molar-refractivity contribution in [3.05, 3.63) is 29.8 Å². The predicted octanol–water partition coefficient (Wildman–Crippen LogP) is 2.20. The molecular weight excluding hydrogens is 412 g/mol. The Hall–Kier alpha value is -2.94. The molecule has 0 spiro atoms. The zero-order valence-corrected chi connectivity index (χ0v) is 19.2. The minimum atomic E-state index is -0.974. The summed E-state index contributed by atoms with van der Waals surface area (Å²) in [6, 6.07) is 6.67. The maximum Gasteiger partial charge on any atom is 0.333 e. The third-order valence-corrected chi connectivity index (χ3v) is 5.64. The van der Waals surface area contributed by atoms with Gasteiger partial charge >= 0.3 is 5.97 Å². The third-order valence-electron chi connectivity index (χ3n) is 5.64. The molecule has 32 heavy (non-hydrogen) atoms. The normalized spacial score (nSPS) is 21.2. The molecule has 1 aromatic carbocycles. The van der Waals surface area contributed by atoms with Gasteiger partial charge in [0.05, 0.1) is 12.3 Å². The van der Waals surface area contributed by atoms with Crippen LogP contribution >= 0.6 is 0 Å². The lowest BCUT2D eigenvalue weighted by Crippen LogP contribution is -2.56. The molecule has 0 fully saturated rings. The van der Waals surface area contributed by atoms with E-state index in [0.717, 1.165) is 24.1 Å². The highest BCUT2D eigenvalue weighted by Crippen LogP contribution is 2.26. The topological polar surface area (TPSA) is 104 Å². The number of rotatable bonds is 11. The van der Waals surface area contributed by atoms with Gasteiger partial charge in [-0.05, 0) is 38.0 Å². The molecule has 0 radical (unpaired) electrons. The van der Waals surface area contributed by atoms with Crippen molar-refractivity contribution in [3.8, 4) is 5.75 Å². The van der Waals surface area contributed by atoms with E-state index in [4.69, 9.17) is 14.5 Å². The molecule has 3 atom stereocenters. The fraction of sp³-hybridized carbons (Fsp3) is 0.565. The van der Waals surface area contributed by atoms with Gasteiger partial charge in [0.25, 0.3) is 5.91 Å². The number of hydrogen-bond donors (Lipinski definition) is 1. The summed E-state index contributed by atoms with van der Waals surface area (Å²) < 4.78 is 11.1. The summed E-state index contributed by atoms with van der Waals surface area (Å²) >= 11 is 0. The quantitative estimate of drug-likeness (QED) is 0.561. The number of nitrogens with zero attached hydrogens (tertiary/aromatic N) is 4. The van der Waals surface area contributed by atoms with E-state index in [0.29, 0.717) is 37.8 Å². The Morgan fingerprint density at radius 3 is 2.59 bits per heavy atom. The van der Waals surface area contributed by atoms with Gasteiger partial charge in [-0.3, -0.25) is 19.7 Å². The van der Waals surface area contributed by atoms with Crippen molar-refractivity contribution in [3.63, 3.8) is 0 Å². The van der Waals surface area contributed by atoms with Gasteiger partial charge in [-0.25, -0.2) is 4.79 Å². The molecule has 2 aliphatic rings. The highest BCUT2D eigenvalue weighted by molar-refractivity contribution is 6.08. The van der Waals surface area contributed by atoms with E-state index in [1.807, 2.05) is 26.1 Å². The van der Waals surface area contributed by atoms with Gasteiger partial charge in [0.1, 0.15) is 24.2 Å². The Balaban J connectivity index is 1.55. The maximum atomic E-state index is 13.1.